The molecule has 1 N–H and O–H groups in total. The lowest BCUT2D eigenvalue weighted by Gasteiger charge is -2.33. The first-order valence-corrected chi connectivity index (χ1v) is 10.2. The number of methoxy groups -OCH3 is 1. The average Bonchev–Trinajstić information content (AvgIpc) is 3.18. The highest BCUT2D eigenvalue weighted by molar-refractivity contribution is 5.88. The maximum Gasteiger partial charge on any atom is 0.318 e. The van der Waals surface area contributed by atoms with Gasteiger partial charge in [0.05, 0.1) is 13.7 Å². The second-order valence-electron chi connectivity index (χ2n) is 7.79. The molecule has 30 heavy (non-hydrogen) atoms. The number of alkyl halides is 1. The van der Waals surface area contributed by atoms with Gasteiger partial charge in [0, 0.05) is 26.1 Å². The SMILES string of the molecule is COc1cccc(CNC(=O)N2C[C@@H](F)C[C@H]2C(=O)N2CCc3ccccc3C2)c1. The minimum atomic E-state index is -1.20. The summed E-state index contributed by atoms with van der Waals surface area (Å²) in [5.74, 6) is 0.520. The molecule has 4 rings (SSSR count). The normalized spacial score (nSPS) is 20.6. The maximum absolute atomic E-state index is 14.2. The summed E-state index contributed by atoms with van der Waals surface area (Å²) < 4.78 is 19.4. The summed E-state index contributed by atoms with van der Waals surface area (Å²) in [5.41, 5.74) is 3.22. The Balaban J connectivity index is 1.41. The van der Waals surface area contributed by atoms with Gasteiger partial charge in [0.15, 0.2) is 0 Å². The van der Waals surface area contributed by atoms with Crippen molar-refractivity contribution in [3.05, 3.63) is 65.2 Å². The average molecular weight is 411 g/mol. The Morgan fingerprint density at radius 1 is 1.17 bits per heavy atom. The van der Waals surface area contributed by atoms with Gasteiger partial charge in [0.25, 0.3) is 0 Å². The number of hydrogen-bond donors (Lipinski definition) is 1. The van der Waals surface area contributed by atoms with Gasteiger partial charge in [0.2, 0.25) is 5.91 Å². The number of carbonyl (C=O) groups is 2. The number of ether oxygens (including phenoxy) is 1. The first kappa shape index (κ1) is 20.2. The molecule has 2 aromatic carbocycles. The molecule has 0 bridgehead atoms. The van der Waals surface area contributed by atoms with Gasteiger partial charge < -0.3 is 19.9 Å². The van der Waals surface area contributed by atoms with E-state index in [0.717, 1.165) is 17.5 Å². The molecule has 2 atom stereocenters. The second-order valence-corrected chi connectivity index (χ2v) is 7.79. The lowest BCUT2D eigenvalue weighted by molar-refractivity contribution is -0.136. The first-order chi connectivity index (χ1) is 14.5. The van der Waals surface area contributed by atoms with E-state index in [-0.39, 0.29) is 25.4 Å². The van der Waals surface area contributed by atoms with E-state index in [4.69, 9.17) is 4.74 Å². The molecule has 2 aliphatic rings. The fraction of sp³-hybridized carbons (Fsp3) is 0.391. The van der Waals surface area contributed by atoms with E-state index in [0.29, 0.717) is 18.8 Å². The van der Waals surface area contributed by atoms with Crippen LogP contribution >= 0.6 is 0 Å². The van der Waals surface area contributed by atoms with Gasteiger partial charge in [0.1, 0.15) is 18.0 Å². The summed E-state index contributed by atoms with van der Waals surface area (Å²) in [6.07, 6.45) is -0.377. The number of nitrogens with zero attached hydrogens (tertiary/aromatic N) is 2. The van der Waals surface area contributed by atoms with Gasteiger partial charge >= 0.3 is 6.03 Å². The van der Waals surface area contributed by atoms with Crippen LogP contribution in [0.2, 0.25) is 0 Å². The monoisotopic (exact) mass is 411 g/mol. The molecular weight excluding hydrogens is 385 g/mol. The number of fused-ring (bicyclic) bond motifs is 1. The van der Waals surface area contributed by atoms with E-state index in [1.807, 2.05) is 42.5 Å². The smallest absolute Gasteiger partial charge is 0.318 e. The third-order valence-corrected chi connectivity index (χ3v) is 5.82. The standard InChI is InChI=1S/C23H26FN3O3/c1-30-20-8-4-5-16(11-20)13-25-23(29)27-15-19(24)12-21(27)22(28)26-10-9-17-6-2-3-7-18(17)14-26/h2-8,11,19,21H,9-10,12-15H2,1H3,(H,25,29)/t19-,21-/m0/s1. The van der Waals surface area contributed by atoms with E-state index in [9.17, 15) is 14.0 Å². The van der Waals surface area contributed by atoms with Crippen LogP contribution in [0.25, 0.3) is 0 Å². The molecular formula is C23H26FN3O3. The van der Waals surface area contributed by atoms with Crippen molar-refractivity contribution in [1.82, 2.24) is 15.1 Å². The number of benzene rings is 2. The molecule has 0 aromatic heterocycles. The Bertz CT molecular complexity index is 935. The Morgan fingerprint density at radius 3 is 2.77 bits per heavy atom. The maximum atomic E-state index is 14.2. The van der Waals surface area contributed by atoms with Crippen LogP contribution in [0, 0.1) is 0 Å². The summed E-state index contributed by atoms with van der Waals surface area (Å²) in [6, 6.07) is 14.2. The molecule has 1 saturated heterocycles. The van der Waals surface area contributed by atoms with Gasteiger partial charge in [-0.3, -0.25) is 4.79 Å². The number of carbonyl (C=O) groups excluding carboxylic acids is 2. The Labute approximate surface area is 175 Å². The zero-order chi connectivity index (χ0) is 21.1. The zero-order valence-corrected chi connectivity index (χ0v) is 17.0. The topological polar surface area (TPSA) is 61.9 Å². The van der Waals surface area contributed by atoms with Gasteiger partial charge in [-0.25, -0.2) is 9.18 Å². The van der Waals surface area contributed by atoms with Gasteiger partial charge in [-0.1, -0.05) is 36.4 Å². The van der Waals surface area contributed by atoms with Crippen molar-refractivity contribution in [2.24, 2.45) is 0 Å². The Morgan fingerprint density at radius 2 is 1.97 bits per heavy atom. The number of rotatable bonds is 4. The molecule has 2 heterocycles. The quantitative estimate of drug-likeness (QED) is 0.842. The van der Waals surface area contributed by atoms with Crippen molar-refractivity contribution in [3.63, 3.8) is 0 Å². The van der Waals surface area contributed by atoms with Gasteiger partial charge in [-0.05, 0) is 35.2 Å². The van der Waals surface area contributed by atoms with Crippen LogP contribution in [0.3, 0.4) is 0 Å². The molecule has 2 aliphatic heterocycles. The number of hydrogen-bond acceptors (Lipinski definition) is 3. The molecule has 3 amide bonds. The summed E-state index contributed by atoms with van der Waals surface area (Å²) in [4.78, 5) is 29.0. The van der Waals surface area contributed by atoms with Crippen LogP contribution in [0.5, 0.6) is 5.75 Å². The Kier molecular flexibility index (Phi) is 5.88. The molecule has 158 valence electrons. The summed E-state index contributed by atoms with van der Waals surface area (Å²) >= 11 is 0. The molecule has 2 aromatic rings. The van der Waals surface area contributed by atoms with Gasteiger partial charge in [-0.15, -0.1) is 0 Å². The number of amides is 3. The van der Waals surface area contributed by atoms with E-state index >= 15 is 0 Å². The molecule has 0 saturated carbocycles. The van der Waals surface area contributed by atoms with Gasteiger partial charge in [-0.2, -0.15) is 0 Å². The second kappa shape index (κ2) is 8.73. The van der Waals surface area contributed by atoms with Crippen molar-refractivity contribution >= 4 is 11.9 Å². The predicted octanol–water partition coefficient (Wildman–Crippen LogP) is 2.90. The molecule has 7 heteroatoms. The van der Waals surface area contributed by atoms with E-state index in [2.05, 4.69) is 11.4 Å². The fourth-order valence-electron chi connectivity index (χ4n) is 4.20. The third kappa shape index (κ3) is 4.25. The fourth-order valence-corrected chi connectivity index (χ4v) is 4.20. The highest BCUT2D eigenvalue weighted by atomic mass is 19.1. The summed E-state index contributed by atoms with van der Waals surface area (Å²) in [5, 5.41) is 2.81. The van der Waals surface area contributed by atoms with Crippen molar-refractivity contribution in [3.8, 4) is 5.75 Å². The lowest BCUT2D eigenvalue weighted by Crippen LogP contribution is -2.51. The number of nitrogens with one attached hydrogen (secondary N) is 1. The highest BCUT2D eigenvalue weighted by Crippen LogP contribution is 2.26. The van der Waals surface area contributed by atoms with Crippen molar-refractivity contribution in [2.45, 2.75) is 38.1 Å². The van der Waals surface area contributed by atoms with E-state index in [1.54, 1.807) is 12.0 Å². The molecule has 1 fully saturated rings. The van der Waals surface area contributed by atoms with Crippen LogP contribution in [0.15, 0.2) is 48.5 Å². The minimum Gasteiger partial charge on any atom is -0.497 e. The molecule has 6 nitrogen and oxygen atoms in total. The molecule has 0 spiro atoms. The van der Waals surface area contributed by atoms with Crippen molar-refractivity contribution < 1.29 is 18.7 Å². The van der Waals surface area contributed by atoms with E-state index in [1.165, 1.54) is 10.5 Å². The molecule has 0 unspecified atom stereocenters. The molecule has 0 radical (unpaired) electrons. The van der Waals surface area contributed by atoms with Crippen LogP contribution in [0.4, 0.5) is 9.18 Å². The number of likely N-dealkylation sites (tertiary alicyclic amines) is 1. The Hall–Kier alpha value is -3.09. The van der Waals surface area contributed by atoms with Crippen molar-refractivity contribution in [1.29, 1.82) is 0 Å². The number of urea groups is 1. The lowest BCUT2D eigenvalue weighted by atomic mass is 9.99. The minimum absolute atomic E-state index is 0.0452. The predicted molar refractivity (Wildman–Crippen MR) is 111 cm³/mol. The third-order valence-electron chi connectivity index (χ3n) is 5.82. The van der Waals surface area contributed by atoms with Crippen LogP contribution in [-0.2, 0) is 24.3 Å². The summed E-state index contributed by atoms with van der Waals surface area (Å²) in [6.45, 7) is 1.30. The van der Waals surface area contributed by atoms with Crippen molar-refractivity contribution in [2.75, 3.05) is 20.2 Å². The zero-order valence-electron chi connectivity index (χ0n) is 17.0. The first-order valence-electron chi connectivity index (χ1n) is 10.2. The largest absolute Gasteiger partial charge is 0.497 e. The van der Waals surface area contributed by atoms with Crippen LogP contribution in [0.1, 0.15) is 23.1 Å². The molecule has 0 aliphatic carbocycles. The number of halogens is 1. The summed E-state index contributed by atoms with van der Waals surface area (Å²) in [7, 11) is 1.58. The van der Waals surface area contributed by atoms with Crippen LogP contribution in [-0.4, -0.2) is 54.2 Å². The van der Waals surface area contributed by atoms with Crippen LogP contribution < -0.4 is 10.1 Å². The van der Waals surface area contributed by atoms with E-state index < -0.39 is 18.2 Å². The highest BCUT2D eigenvalue weighted by Gasteiger charge is 2.42.